The lowest BCUT2D eigenvalue weighted by molar-refractivity contribution is -0.129. The molecule has 0 bridgehead atoms. The van der Waals surface area contributed by atoms with Crippen molar-refractivity contribution in [2.24, 2.45) is 0 Å². The van der Waals surface area contributed by atoms with E-state index in [4.69, 9.17) is 5.26 Å². The first kappa shape index (κ1) is 10.3. The Morgan fingerprint density at radius 1 is 1.73 bits per heavy atom. The first-order chi connectivity index (χ1) is 5.22. The largest absolute Gasteiger partial charge is 0.345 e. The van der Waals surface area contributed by atoms with Crippen molar-refractivity contribution in [1.29, 1.82) is 5.26 Å². The average Bonchev–Trinajstić information content (AvgIpc) is 2.00. The fourth-order valence-electron chi connectivity index (χ4n) is 0.629. The van der Waals surface area contributed by atoms with Crippen LogP contribution in [0, 0.1) is 11.3 Å². The Kier molecular flexibility index (Phi) is 5.67. The Morgan fingerprint density at radius 2 is 2.36 bits per heavy atom. The Labute approximate surface area is 72.4 Å². The number of nitriles is 1. The van der Waals surface area contributed by atoms with Gasteiger partial charge in [-0.3, -0.25) is 4.79 Å². The zero-order valence-corrected chi connectivity index (χ0v) is 7.47. The van der Waals surface area contributed by atoms with Gasteiger partial charge in [0.2, 0.25) is 5.91 Å². The van der Waals surface area contributed by atoms with Crippen molar-refractivity contribution in [3.05, 3.63) is 0 Å². The van der Waals surface area contributed by atoms with E-state index in [2.05, 4.69) is 12.6 Å². The fourth-order valence-corrected chi connectivity index (χ4v) is 0.820. The highest BCUT2D eigenvalue weighted by atomic mass is 32.1. The normalized spacial score (nSPS) is 8.82. The SMILES string of the molecule is CN(CCC#N)C(=O)CCS. The van der Waals surface area contributed by atoms with Gasteiger partial charge in [0.1, 0.15) is 0 Å². The summed E-state index contributed by atoms with van der Waals surface area (Å²) in [5, 5.41) is 8.22. The standard InChI is InChI=1S/C7H12N2OS/c1-9(5-2-4-8)7(10)3-6-11/h11H,2-3,5-6H2,1H3. The van der Waals surface area contributed by atoms with E-state index >= 15 is 0 Å². The van der Waals surface area contributed by atoms with Crippen molar-refractivity contribution in [1.82, 2.24) is 4.90 Å². The summed E-state index contributed by atoms with van der Waals surface area (Å²) in [5.41, 5.74) is 0. The average molecular weight is 172 g/mol. The zero-order valence-electron chi connectivity index (χ0n) is 6.58. The van der Waals surface area contributed by atoms with Crippen LogP contribution in [-0.2, 0) is 4.79 Å². The van der Waals surface area contributed by atoms with E-state index in [0.29, 0.717) is 25.1 Å². The van der Waals surface area contributed by atoms with Crippen LogP contribution in [0.25, 0.3) is 0 Å². The monoisotopic (exact) mass is 172 g/mol. The number of rotatable bonds is 4. The van der Waals surface area contributed by atoms with Crippen LogP contribution in [0.3, 0.4) is 0 Å². The van der Waals surface area contributed by atoms with Crippen LogP contribution >= 0.6 is 12.6 Å². The molecule has 0 spiro atoms. The van der Waals surface area contributed by atoms with Crippen LogP contribution in [0.15, 0.2) is 0 Å². The van der Waals surface area contributed by atoms with Crippen LogP contribution in [0.1, 0.15) is 12.8 Å². The van der Waals surface area contributed by atoms with Gasteiger partial charge in [-0.05, 0) is 5.75 Å². The number of carbonyl (C=O) groups is 1. The molecule has 0 aromatic carbocycles. The van der Waals surface area contributed by atoms with E-state index in [1.165, 1.54) is 0 Å². The van der Waals surface area contributed by atoms with Crippen LogP contribution < -0.4 is 0 Å². The lowest BCUT2D eigenvalue weighted by atomic mass is 10.3. The molecule has 4 heteroatoms. The second-order valence-electron chi connectivity index (χ2n) is 2.20. The Hall–Kier alpha value is -0.690. The van der Waals surface area contributed by atoms with E-state index < -0.39 is 0 Å². The third kappa shape index (κ3) is 4.68. The fraction of sp³-hybridized carbons (Fsp3) is 0.714. The first-order valence-corrected chi connectivity index (χ1v) is 4.07. The van der Waals surface area contributed by atoms with E-state index in [0.717, 1.165) is 0 Å². The van der Waals surface area contributed by atoms with Crippen molar-refractivity contribution < 1.29 is 4.79 Å². The van der Waals surface area contributed by atoms with Crippen molar-refractivity contribution in [3.63, 3.8) is 0 Å². The molecule has 0 fully saturated rings. The third-order valence-electron chi connectivity index (χ3n) is 1.31. The smallest absolute Gasteiger partial charge is 0.223 e. The molecule has 0 saturated carbocycles. The molecule has 0 heterocycles. The minimum Gasteiger partial charge on any atom is -0.345 e. The topological polar surface area (TPSA) is 44.1 Å². The predicted octanol–water partition coefficient (Wildman–Crippen LogP) is 0.678. The van der Waals surface area contributed by atoms with E-state index in [-0.39, 0.29) is 5.91 Å². The molecule has 0 unspecified atom stereocenters. The van der Waals surface area contributed by atoms with Gasteiger partial charge in [-0.15, -0.1) is 0 Å². The molecule has 0 radical (unpaired) electrons. The maximum atomic E-state index is 11.0. The molecule has 0 atom stereocenters. The van der Waals surface area contributed by atoms with Gasteiger partial charge in [0.25, 0.3) is 0 Å². The van der Waals surface area contributed by atoms with Crippen molar-refractivity contribution in [3.8, 4) is 6.07 Å². The summed E-state index contributed by atoms with van der Waals surface area (Å²) in [6, 6.07) is 1.98. The number of hydrogen-bond donors (Lipinski definition) is 1. The first-order valence-electron chi connectivity index (χ1n) is 3.44. The molecule has 1 amide bonds. The lowest BCUT2D eigenvalue weighted by Crippen LogP contribution is -2.27. The van der Waals surface area contributed by atoms with Crippen molar-refractivity contribution >= 4 is 18.5 Å². The van der Waals surface area contributed by atoms with Gasteiger partial charge in [0.15, 0.2) is 0 Å². The summed E-state index contributed by atoms with van der Waals surface area (Å²) in [6.45, 7) is 0.517. The Bertz CT molecular complexity index is 164. The zero-order chi connectivity index (χ0) is 8.69. The second kappa shape index (κ2) is 6.05. The molecular weight excluding hydrogens is 160 g/mol. The summed E-state index contributed by atoms with van der Waals surface area (Å²) in [7, 11) is 1.70. The minimum atomic E-state index is 0.0512. The molecule has 3 nitrogen and oxygen atoms in total. The van der Waals surface area contributed by atoms with Gasteiger partial charge in [0, 0.05) is 20.0 Å². The number of thiol groups is 1. The molecule has 0 aliphatic heterocycles. The van der Waals surface area contributed by atoms with E-state index in [1.807, 2.05) is 6.07 Å². The molecule has 0 aromatic rings. The highest BCUT2D eigenvalue weighted by molar-refractivity contribution is 7.80. The molecular formula is C7H12N2OS. The molecule has 0 N–H and O–H groups in total. The van der Waals surface area contributed by atoms with Gasteiger partial charge >= 0.3 is 0 Å². The summed E-state index contributed by atoms with van der Waals surface area (Å²) in [4.78, 5) is 12.6. The van der Waals surface area contributed by atoms with E-state index in [1.54, 1.807) is 11.9 Å². The summed E-state index contributed by atoms with van der Waals surface area (Å²) >= 11 is 3.93. The molecule has 62 valence electrons. The molecule has 11 heavy (non-hydrogen) atoms. The number of nitrogens with zero attached hydrogens (tertiary/aromatic N) is 2. The lowest BCUT2D eigenvalue weighted by Gasteiger charge is -2.13. The Morgan fingerprint density at radius 3 is 2.82 bits per heavy atom. The molecule has 0 rings (SSSR count). The van der Waals surface area contributed by atoms with E-state index in [9.17, 15) is 4.79 Å². The highest BCUT2D eigenvalue weighted by Crippen LogP contribution is 1.93. The van der Waals surface area contributed by atoms with Crippen LogP contribution in [0.4, 0.5) is 0 Å². The van der Waals surface area contributed by atoms with Gasteiger partial charge in [0.05, 0.1) is 12.5 Å². The number of amides is 1. The minimum absolute atomic E-state index is 0.0512. The van der Waals surface area contributed by atoms with Crippen molar-refractivity contribution in [2.45, 2.75) is 12.8 Å². The number of carbonyl (C=O) groups excluding carboxylic acids is 1. The highest BCUT2D eigenvalue weighted by Gasteiger charge is 2.05. The number of hydrogen-bond acceptors (Lipinski definition) is 3. The summed E-state index contributed by atoms with van der Waals surface area (Å²) in [5.74, 6) is 0.616. The van der Waals surface area contributed by atoms with Gasteiger partial charge in [-0.1, -0.05) is 0 Å². The van der Waals surface area contributed by atoms with Crippen LogP contribution in [0.2, 0.25) is 0 Å². The predicted molar refractivity (Wildman–Crippen MR) is 46.3 cm³/mol. The molecule has 0 aliphatic carbocycles. The molecule has 0 aromatic heterocycles. The van der Waals surface area contributed by atoms with Gasteiger partial charge in [-0.25, -0.2) is 0 Å². The van der Waals surface area contributed by atoms with Gasteiger partial charge < -0.3 is 4.90 Å². The van der Waals surface area contributed by atoms with Crippen LogP contribution in [0.5, 0.6) is 0 Å². The van der Waals surface area contributed by atoms with Crippen molar-refractivity contribution in [2.75, 3.05) is 19.3 Å². The summed E-state index contributed by atoms with van der Waals surface area (Å²) < 4.78 is 0. The maximum absolute atomic E-state index is 11.0. The van der Waals surface area contributed by atoms with Crippen LogP contribution in [-0.4, -0.2) is 30.2 Å². The second-order valence-corrected chi connectivity index (χ2v) is 2.64. The molecule has 0 saturated heterocycles. The molecule has 0 aliphatic rings. The summed E-state index contributed by atoms with van der Waals surface area (Å²) in [6.07, 6.45) is 0.847. The quantitative estimate of drug-likeness (QED) is 0.634. The maximum Gasteiger partial charge on any atom is 0.223 e. The van der Waals surface area contributed by atoms with Gasteiger partial charge in [-0.2, -0.15) is 17.9 Å². The Balaban J connectivity index is 3.57. The third-order valence-corrected chi connectivity index (χ3v) is 1.53.